The molecule has 20 heavy (non-hydrogen) atoms. The van der Waals surface area contributed by atoms with E-state index in [9.17, 15) is 4.79 Å². The van der Waals surface area contributed by atoms with Crippen molar-refractivity contribution in [3.05, 3.63) is 15.6 Å². The van der Waals surface area contributed by atoms with Crippen LogP contribution in [0.5, 0.6) is 0 Å². The first-order valence-electron chi connectivity index (χ1n) is 6.59. The summed E-state index contributed by atoms with van der Waals surface area (Å²) in [6.45, 7) is 7.55. The topological polar surface area (TPSA) is 69.6 Å². The first-order valence-corrected chi connectivity index (χ1v) is 7.41. The predicted molar refractivity (Wildman–Crippen MR) is 83.1 cm³/mol. The van der Waals surface area contributed by atoms with E-state index in [-0.39, 0.29) is 12.5 Å². The number of amides is 1. The molecule has 0 radical (unpaired) electrons. The van der Waals surface area contributed by atoms with Crippen LogP contribution in [0.25, 0.3) is 0 Å². The van der Waals surface area contributed by atoms with Crippen LogP contribution in [-0.2, 0) is 11.3 Å². The van der Waals surface area contributed by atoms with Gasteiger partial charge in [0.05, 0.1) is 17.2 Å². The Balaban J connectivity index is 2.60. The lowest BCUT2D eigenvalue weighted by molar-refractivity contribution is -0.127. The summed E-state index contributed by atoms with van der Waals surface area (Å²) in [7, 11) is 3.45. The fraction of sp³-hybridized carbons (Fsp3) is 0.615. The molecule has 112 valence electrons. The molecule has 1 aromatic heterocycles. The van der Waals surface area contributed by atoms with Crippen molar-refractivity contribution >= 4 is 23.2 Å². The van der Waals surface area contributed by atoms with E-state index in [1.54, 1.807) is 25.4 Å². The molecule has 0 saturated carbocycles. The third kappa shape index (κ3) is 5.16. The number of carbonyl (C=O) groups excluding carboxylic acids is 1. The van der Waals surface area contributed by atoms with Gasteiger partial charge in [0.2, 0.25) is 5.91 Å². The molecule has 0 aliphatic rings. The van der Waals surface area contributed by atoms with Crippen molar-refractivity contribution in [2.45, 2.75) is 27.3 Å². The van der Waals surface area contributed by atoms with Crippen LogP contribution in [0.1, 0.15) is 22.5 Å². The largest absolute Gasteiger partial charge is 0.357 e. The van der Waals surface area contributed by atoms with Crippen LogP contribution in [0.2, 0.25) is 0 Å². The first kappa shape index (κ1) is 16.4. The van der Waals surface area contributed by atoms with Gasteiger partial charge in [0, 0.05) is 25.5 Å². The van der Waals surface area contributed by atoms with Gasteiger partial charge >= 0.3 is 0 Å². The highest BCUT2D eigenvalue weighted by molar-refractivity contribution is 7.11. The molecule has 1 rings (SSSR count). The molecule has 0 saturated heterocycles. The minimum absolute atomic E-state index is 0.0213. The lowest BCUT2D eigenvalue weighted by Crippen LogP contribution is -2.38. The summed E-state index contributed by atoms with van der Waals surface area (Å²) >= 11 is 1.67. The van der Waals surface area contributed by atoms with E-state index in [0.717, 1.165) is 17.2 Å². The Labute approximate surface area is 124 Å². The molecule has 0 atom stereocenters. The summed E-state index contributed by atoms with van der Waals surface area (Å²) in [5, 5.41) is 7.41. The van der Waals surface area contributed by atoms with Crippen LogP contribution in [0.15, 0.2) is 4.99 Å². The minimum atomic E-state index is -0.0213. The Bertz CT molecular complexity index is 481. The molecule has 0 fully saturated rings. The molecule has 0 aromatic carbocycles. The summed E-state index contributed by atoms with van der Waals surface area (Å²) in [5.41, 5.74) is 1.04. The van der Waals surface area contributed by atoms with E-state index in [1.807, 2.05) is 20.8 Å². The zero-order valence-electron chi connectivity index (χ0n) is 12.8. The summed E-state index contributed by atoms with van der Waals surface area (Å²) < 4.78 is 0. The van der Waals surface area contributed by atoms with E-state index in [4.69, 9.17) is 0 Å². The zero-order chi connectivity index (χ0) is 15.1. The molecule has 1 heterocycles. The average molecular weight is 297 g/mol. The molecule has 0 unspecified atom stereocenters. The maximum atomic E-state index is 11.5. The number of hydrogen-bond donors (Lipinski definition) is 2. The van der Waals surface area contributed by atoms with Gasteiger partial charge in [-0.1, -0.05) is 0 Å². The van der Waals surface area contributed by atoms with Crippen LogP contribution in [0.3, 0.4) is 0 Å². The average Bonchev–Trinajstić information content (AvgIpc) is 2.70. The highest BCUT2D eigenvalue weighted by Crippen LogP contribution is 2.16. The number of carbonyl (C=O) groups is 1. The molecule has 0 aliphatic carbocycles. The quantitative estimate of drug-likeness (QED) is 0.626. The van der Waals surface area contributed by atoms with Gasteiger partial charge in [0.25, 0.3) is 0 Å². The minimum Gasteiger partial charge on any atom is -0.357 e. The molecule has 7 heteroatoms. The normalized spacial score (nSPS) is 11.3. The Hall–Kier alpha value is -1.63. The lowest BCUT2D eigenvalue weighted by atomic mass is 10.4. The lowest BCUT2D eigenvalue weighted by Gasteiger charge is -2.12. The monoisotopic (exact) mass is 297 g/mol. The molecule has 0 aliphatic heterocycles. The number of likely N-dealkylation sites (N-methyl/N-ethyl adjacent to an activating group) is 1. The summed E-state index contributed by atoms with van der Waals surface area (Å²) in [6, 6.07) is 0. The van der Waals surface area contributed by atoms with Crippen molar-refractivity contribution in [2.24, 2.45) is 4.99 Å². The van der Waals surface area contributed by atoms with E-state index >= 15 is 0 Å². The fourth-order valence-electron chi connectivity index (χ4n) is 1.53. The number of guanidine groups is 1. The Morgan fingerprint density at radius 1 is 1.35 bits per heavy atom. The van der Waals surface area contributed by atoms with Crippen molar-refractivity contribution in [2.75, 3.05) is 27.2 Å². The summed E-state index contributed by atoms with van der Waals surface area (Å²) in [6.07, 6.45) is 0. The number of nitrogens with zero attached hydrogens (tertiary/aromatic N) is 3. The van der Waals surface area contributed by atoms with Gasteiger partial charge in [-0.3, -0.25) is 4.79 Å². The van der Waals surface area contributed by atoms with Gasteiger partial charge in [-0.05, 0) is 20.8 Å². The number of aliphatic imine (C=N–C) groups is 1. The van der Waals surface area contributed by atoms with Crippen molar-refractivity contribution in [3.63, 3.8) is 0 Å². The van der Waals surface area contributed by atoms with Crippen LogP contribution in [0.4, 0.5) is 0 Å². The van der Waals surface area contributed by atoms with Crippen LogP contribution < -0.4 is 10.6 Å². The molecule has 6 nitrogen and oxygen atoms in total. The highest BCUT2D eigenvalue weighted by atomic mass is 32.1. The first-order chi connectivity index (χ1) is 9.43. The third-order valence-electron chi connectivity index (χ3n) is 2.63. The van der Waals surface area contributed by atoms with Crippen LogP contribution in [-0.4, -0.2) is 48.9 Å². The smallest absolute Gasteiger partial charge is 0.243 e. The molecule has 2 N–H and O–H groups in total. The number of thiazole rings is 1. The SMILES string of the molecule is CCNC(=NCC(=O)N(C)C)NCc1sc(C)nc1C. The maximum absolute atomic E-state index is 11.5. The zero-order valence-corrected chi connectivity index (χ0v) is 13.6. The van der Waals surface area contributed by atoms with Gasteiger partial charge in [-0.15, -0.1) is 11.3 Å². The second kappa shape index (κ2) is 7.84. The number of nitrogens with one attached hydrogen (secondary N) is 2. The van der Waals surface area contributed by atoms with Crippen LogP contribution in [0, 0.1) is 13.8 Å². The van der Waals surface area contributed by atoms with Gasteiger partial charge < -0.3 is 15.5 Å². The summed E-state index contributed by atoms with van der Waals surface area (Å²) in [4.78, 5) is 22.9. The van der Waals surface area contributed by atoms with E-state index in [1.165, 1.54) is 9.78 Å². The maximum Gasteiger partial charge on any atom is 0.243 e. The van der Waals surface area contributed by atoms with Crippen LogP contribution >= 0.6 is 11.3 Å². The summed E-state index contributed by atoms with van der Waals surface area (Å²) in [5.74, 6) is 0.625. The molecular formula is C13H23N5OS. The van der Waals surface area contributed by atoms with Gasteiger partial charge in [-0.2, -0.15) is 0 Å². The molecule has 1 amide bonds. The fourth-order valence-corrected chi connectivity index (χ4v) is 2.41. The van der Waals surface area contributed by atoms with Gasteiger partial charge in [0.1, 0.15) is 6.54 Å². The van der Waals surface area contributed by atoms with Crippen molar-refractivity contribution < 1.29 is 4.79 Å². The Morgan fingerprint density at radius 3 is 2.55 bits per heavy atom. The highest BCUT2D eigenvalue weighted by Gasteiger charge is 2.07. The van der Waals surface area contributed by atoms with Crippen molar-refractivity contribution in [1.82, 2.24) is 20.5 Å². The third-order valence-corrected chi connectivity index (χ3v) is 3.70. The number of aromatic nitrogens is 1. The van der Waals surface area contributed by atoms with Crippen molar-refractivity contribution in [1.29, 1.82) is 0 Å². The van der Waals surface area contributed by atoms with Gasteiger partial charge in [-0.25, -0.2) is 9.98 Å². The molecule has 0 bridgehead atoms. The van der Waals surface area contributed by atoms with E-state index in [2.05, 4.69) is 20.6 Å². The number of rotatable bonds is 5. The molecule has 1 aromatic rings. The van der Waals surface area contributed by atoms with Crippen molar-refractivity contribution in [3.8, 4) is 0 Å². The second-order valence-electron chi connectivity index (χ2n) is 4.58. The second-order valence-corrected chi connectivity index (χ2v) is 5.87. The Morgan fingerprint density at radius 2 is 2.05 bits per heavy atom. The van der Waals surface area contributed by atoms with E-state index in [0.29, 0.717) is 12.5 Å². The molecule has 0 spiro atoms. The standard InChI is InChI=1S/C13H23N5OS/c1-6-14-13(16-8-12(19)18(4)5)15-7-11-9(2)17-10(3)20-11/h6-8H2,1-5H3,(H2,14,15,16). The Kier molecular flexibility index (Phi) is 6.44. The van der Waals surface area contributed by atoms with E-state index < -0.39 is 0 Å². The number of aryl methyl sites for hydroxylation is 2. The molecular weight excluding hydrogens is 274 g/mol. The predicted octanol–water partition coefficient (Wildman–Crippen LogP) is 0.903. The van der Waals surface area contributed by atoms with Gasteiger partial charge in [0.15, 0.2) is 5.96 Å². The number of hydrogen-bond acceptors (Lipinski definition) is 4.